The van der Waals surface area contributed by atoms with E-state index in [4.69, 9.17) is 18.9 Å². The summed E-state index contributed by atoms with van der Waals surface area (Å²) in [5.41, 5.74) is 2.01. The van der Waals surface area contributed by atoms with Crippen LogP contribution in [0.2, 0.25) is 0 Å². The van der Waals surface area contributed by atoms with E-state index in [0.29, 0.717) is 39.5 Å². The van der Waals surface area contributed by atoms with Crippen LogP contribution in [0.5, 0.6) is 0 Å². The van der Waals surface area contributed by atoms with Gasteiger partial charge in [-0.25, -0.2) is 0 Å². The number of nitrogens with zero attached hydrogens (tertiary/aromatic N) is 2. The maximum atomic E-state index is 5.48. The van der Waals surface area contributed by atoms with Crippen LogP contribution in [0, 0.1) is 0 Å². The van der Waals surface area contributed by atoms with Gasteiger partial charge in [-0.1, -0.05) is 18.2 Å². The molecule has 6 heteroatoms. The lowest BCUT2D eigenvalue weighted by molar-refractivity contribution is -0.128. The minimum Gasteiger partial charge on any atom is -0.351 e. The second-order valence-corrected chi connectivity index (χ2v) is 5.34. The van der Waals surface area contributed by atoms with Gasteiger partial charge in [-0.2, -0.15) is 0 Å². The Morgan fingerprint density at radius 1 is 0.731 bits per heavy atom. The summed E-state index contributed by atoms with van der Waals surface area (Å²) in [7, 11) is 0. The molecule has 0 aliphatic heterocycles. The van der Waals surface area contributed by atoms with Crippen LogP contribution in [0.25, 0.3) is 0 Å². The molecule has 1 aromatic rings. The predicted octanol–water partition coefficient (Wildman–Crippen LogP) is 3.32. The predicted molar refractivity (Wildman–Crippen MR) is 105 cm³/mol. The second kappa shape index (κ2) is 14.6. The SMILES string of the molecule is CCOC(CN=Cc1cccc(C=NCC(OCC)OCC)c1)OCC. The average Bonchev–Trinajstić information content (AvgIpc) is 2.63. The van der Waals surface area contributed by atoms with Crippen molar-refractivity contribution in [3.05, 3.63) is 35.4 Å². The van der Waals surface area contributed by atoms with Gasteiger partial charge in [0.05, 0.1) is 13.1 Å². The molecule has 0 heterocycles. The van der Waals surface area contributed by atoms with Crippen molar-refractivity contribution in [3.8, 4) is 0 Å². The molecule has 0 saturated carbocycles. The molecule has 26 heavy (non-hydrogen) atoms. The third-order valence-corrected chi connectivity index (χ3v) is 3.31. The molecule has 0 aliphatic carbocycles. The van der Waals surface area contributed by atoms with Gasteiger partial charge in [0.25, 0.3) is 0 Å². The quantitative estimate of drug-likeness (QED) is 0.375. The highest BCUT2D eigenvalue weighted by molar-refractivity contribution is 5.86. The molecule has 0 N–H and O–H groups in total. The van der Waals surface area contributed by atoms with Crippen molar-refractivity contribution in [1.82, 2.24) is 0 Å². The molecule has 6 nitrogen and oxygen atoms in total. The van der Waals surface area contributed by atoms with E-state index in [9.17, 15) is 0 Å². The van der Waals surface area contributed by atoms with Gasteiger partial charge in [0.15, 0.2) is 12.6 Å². The van der Waals surface area contributed by atoms with Crippen LogP contribution in [0.15, 0.2) is 34.3 Å². The fraction of sp³-hybridized carbons (Fsp3) is 0.600. The van der Waals surface area contributed by atoms with Crippen molar-refractivity contribution in [2.45, 2.75) is 40.3 Å². The lowest BCUT2D eigenvalue weighted by atomic mass is 10.1. The van der Waals surface area contributed by atoms with Gasteiger partial charge in [-0.15, -0.1) is 0 Å². The molecule has 0 unspecified atom stereocenters. The van der Waals surface area contributed by atoms with Gasteiger partial charge in [0.1, 0.15) is 0 Å². The van der Waals surface area contributed by atoms with Crippen LogP contribution in [-0.2, 0) is 18.9 Å². The van der Waals surface area contributed by atoms with E-state index in [1.54, 1.807) is 0 Å². The Bertz CT molecular complexity index is 479. The first-order valence-electron chi connectivity index (χ1n) is 9.29. The van der Waals surface area contributed by atoms with Gasteiger partial charge < -0.3 is 18.9 Å². The summed E-state index contributed by atoms with van der Waals surface area (Å²) in [5.74, 6) is 0. The highest BCUT2D eigenvalue weighted by Gasteiger charge is 2.06. The van der Waals surface area contributed by atoms with E-state index >= 15 is 0 Å². The fourth-order valence-corrected chi connectivity index (χ4v) is 2.26. The third kappa shape index (κ3) is 9.77. The van der Waals surface area contributed by atoms with Gasteiger partial charge in [-0.05, 0) is 44.9 Å². The normalized spacial score (nSPS) is 12.2. The number of ether oxygens (including phenoxy) is 4. The maximum absolute atomic E-state index is 5.48. The maximum Gasteiger partial charge on any atom is 0.176 e. The monoisotopic (exact) mass is 364 g/mol. The van der Waals surface area contributed by atoms with Gasteiger partial charge in [0, 0.05) is 38.9 Å². The third-order valence-electron chi connectivity index (χ3n) is 3.31. The summed E-state index contributed by atoms with van der Waals surface area (Å²) in [6.45, 7) is 11.2. The Labute approximate surface area is 157 Å². The zero-order valence-corrected chi connectivity index (χ0v) is 16.4. The molecular formula is C20H32N2O4. The van der Waals surface area contributed by atoms with Crippen LogP contribution in [0.1, 0.15) is 38.8 Å². The highest BCUT2D eigenvalue weighted by atomic mass is 16.7. The summed E-state index contributed by atoms with van der Waals surface area (Å²) in [4.78, 5) is 8.84. The first kappa shape index (κ1) is 22.4. The second-order valence-electron chi connectivity index (χ2n) is 5.34. The Morgan fingerprint density at radius 2 is 1.12 bits per heavy atom. The van der Waals surface area contributed by atoms with Crippen molar-refractivity contribution in [2.75, 3.05) is 39.5 Å². The van der Waals surface area contributed by atoms with Crippen LogP contribution in [-0.4, -0.2) is 64.5 Å². The molecule has 1 rings (SSSR count). The number of hydrogen-bond donors (Lipinski definition) is 0. The van der Waals surface area contributed by atoms with Crippen molar-refractivity contribution in [2.24, 2.45) is 9.98 Å². The Morgan fingerprint density at radius 3 is 1.46 bits per heavy atom. The summed E-state index contributed by atoms with van der Waals surface area (Å²) in [6.07, 6.45) is 3.07. The van der Waals surface area contributed by atoms with Crippen molar-refractivity contribution < 1.29 is 18.9 Å². The van der Waals surface area contributed by atoms with Crippen LogP contribution < -0.4 is 0 Å². The van der Waals surface area contributed by atoms with Crippen LogP contribution in [0.3, 0.4) is 0 Å². The Kier molecular flexibility index (Phi) is 12.6. The van der Waals surface area contributed by atoms with E-state index in [1.165, 1.54) is 0 Å². The summed E-state index contributed by atoms with van der Waals surface area (Å²) in [6, 6.07) is 8.01. The molecular weight excluding hydrogens is 332 g/mol. The van der Waals surface area contributed by atoms with E-state index in [2.05, 4.69) is 9.98 Å². The standard InChI is InChI=1S/C20H32N2O4/c1-5-23-19(24-6-2)15-21-13-17-10-9-11-18(12-17)14-22-16-20(25-7-3)26-8-4/h9-14,19-20H,5-8,15-16H2,1-4H3. The molecule has 0 atom stereocenters. The van der Waals surface area contributed by atoms with Crippen molar-refractivity contribution in [3.63, 3.8) is 0 Å². The molecule has 0 saturated heterocycles. The smallest absolute Gasteiger partial charge is 0.176 e. The molecule has 146 valence electrons. The molecule has 0 fully saturated rings. The molecule has 0 amide bonds. The molecule has 0 aromatic heterocycles. The lowest BCUT2D eigenvalue weighted by Gasteiger charge is -2.14. The average molecular weight is 364 g/mol. The number of aliphatic imine (C=N–C) groups is 2. The summed E-state index contributed by atoms with van der Waals surface area (Å²) in [5, 5.41) is 0. The highest BCUT2D eigenvalue weighted by Crippen LogP contribution is 2.03. The van der Waals surface area contributed by atoms with Crippen LogP contribution >= 0.6 is 0 Å². The van der Waals surface area contributed by atoms with Crippen molar-refractivity contribution >= 4 is 12.4 Å². The molecule has 0 spiro atoms. The summed E-state index contributed by atoms with van der Waals surface area (Å²) >= 11 is 0. The van der Waals surface area contributed by atoms with Gasteiger partial charge in [0.2, 0.25) is 0 Å². The van der Waals surface area contributed by atoms with Gasteiger partial charge in [-0.3, -0.25) is 9.98 Å². The minimum atomic E-state index is -0.292. The summed E-state index contributed by atoms with van der Waals surface area (Å²) < 4.78 is 21.9. The zero-order chi connectivity index (χ0) is 19.0. The lowest BCUT2D eigenvalue weighted by Crippen LogP contribution is -2.20. The van der Waals surface area contributed by atoms with E-state index in [1.807, 2.05) is 64.4 Å². The topological polar surface area (TPSA) is 61.6 Å². The molecule has 0 radical (unpaired) electrons. The first-order valence-corrected chi connectivity index (χ1v) is 9.29. The van der Waals surface area contributed by atoms with E-state index < -0.39 is 0 Å². The van der Waals surface area contributed by atoms with Crippen LogP contribution in [0.4, 0.5) is 0 Å². The van der Waals surface area contributed by atoms with E-state index in [-0.39, 0.29) is 12.6 Å². The number of benzene rings is 1. The van der Waals surface area contributed by atoms with E-state index in [0.717, 1.165) is 11.1 Å². The molecule has 1 aromatic carbocycles. The number of hydrogen-bond acceptors (Lipinski definition) is 6. The first-order chi connectivity index (χ1) is 12.7. The minimum absolute atomic E-state index is 0.292. The zero-order valence-electron chi connectivity index (χ0n) is 16.4. The molecule has 0 aliphatic rings. The Balaban J connectivity index is 2.58. The largest absolute Gasteiger partial charge is 0.351 e. The number of rotatable bonds is 14. The fourth-order valence-electron chi connectivity index (χ4n) is 2.26. The van der Waals surface area contributed by atoms with Crippen molar-refractivity contribution in [1.29, 1.82) is 0 Å². The Hall–Kier alpha value is -1.60. The van der Waals surface area contributed by atoms with Gasteiger partial charge >= 0.3 is 0 Å². The molecule has 0 bridgehead atoms.